The molecule has 17 heavy (non-hydrogen) atoms. The minimum atomic E-state index is -3.83. The second-order valence-corrected chi connectivity index (χ2v) is 5.85. The number of rotatable bonds is 2. The van der Waals surface area contributed by atoms with Crippen LogP contribution in [0.3, 0.4) is 0 Å². The first-order valence-electron chi connectivity index (χ1n) is 4.84. The molecule has 1 atom stereocenters. The molecule has 1 aliphatic rings. The fraction of sp³-hybridized carbons (Fsp3) is 0.200. The summed E-state index contributed by atoms with van der Waals surface area (Å²) in [7, 11) is -3.83. The maximum atomic E-state index is 12.0. The highest BCUT2D eigenvalue weighted by molar-refractivity contribution is 7.92. The Morgan fingerprint density at radius 1 is 1.18 bits per heavy atom. The molecule has 1 saturated heterocycles. The molecule has 1 heterocycles. The second kappa shape index (κ2) is 3.85. The maximum Gasteiger partial charge on any atom is 0.245 e. The zero-order valence-corrected chi connectivity index (χ0v) is 9.53. The summed E-state index contributed by atoms with van der Waals surface area (Å²) in [6, 6.07) is 5.50. The number of carbonyl (C=O) groups excluding carboxylic acids is 2. The van der Waals surface area contributed by atoms with Crippen molar-refractivity contribution in [2.24, 2.45) is 0 Å². The molecule has 2 amide bonds. The highest BCUT2D eigenvalue weighted by atomic mass is 32.2. The molecule has 0 bridgehead atoms. The summed E-state index contributed by atoms with van der Waals surface area (Å²) in [4.78, 5) is 22.3. The van der Waals surface area contributed by atoms with E-state index < -0.39 is 26.9 Å². The predicted molar refractivity (Wildman–Crippen MR) is 59.6 cm³/mol. The standard InChI is InChI=1S/C10H10N2O4S/c11-6-1-3-7(4-2-6)17(15,16)8-5-9(13)12-10(8)14/h1-4,8H,5,11H2,(H,12,13,14). The molecule has 0 spiro atoms. The predicted octanol–water partition coefficient (Wildman–Crippen LogP) is -0.542. The van der Waals surface area contributed by atoms with Crippen LogP contribution in [0.1, 0.15) is 6.42 Å². The normalized spacial score (nSPS) is 20.4. The van der Waals surface area contributed by atoms with Crippen LogP contribution < -0.4 is 11.1 Å². The van der Waals surface area contributed by atoms with Crippen molar-refractivity contribution >= 4 is 27.3 Å². The molecule has 0 radical (unpaired) electrons. The third kappa shape index (κ3) is 2.01. The van der Waals surface area contributed by atoms with Gasteiger partial charge in [-0.3, -0.25) is 14.9 Å². The van der Waals surface area contributed by atoms with Crippen LogP contribution in [-0.2, 0) is 19.4 Å². The maximum absolute atomic E-state index is 12.0. The number of imide groups is 1. The molecule has 7 heteroatoms. The van der Waals surface area contributed by atoms with Crippen molar-refractivity contribution in [3.63, 3.8) is 0 Å². The van der Waals surface area contributed by atoms with E-state index in [9.17, 15) is 18.0 Å². The Morgan fingerprint density at radius 3 is 2.24 bits per heavy atom. The van der Waals surface area contributed by atoms with Crippen LogP contribution in [0.5, 0.6) is 0 Å². The van der Waals surface area contributed by atoms with E-state index in [1.54, 1.807) is 0 Å². The Kier molecular flexibility index (Phi) is 2.62. The van der Waals surface area contributed by atoms with E-state index in [1.807, 2.05) is 5.32 Å². The Balaban J connectivity index is 2.40. The van der Waals surface area contributed by atoms with Crippen molar-refractivity contribution in [1.82, 2.24) is 5.32 Å². The molecule has 6 nitrogen and oxygen atoms in total. The molecule has 90 valence electrons. The van der Waals surface area contributed by atoms with Gasteiger partial charge in [0, 0.05) is 5.69 Å². The number of amides is 2. The monoisotopic (exact) mass is 254 g/mol. The number of nitrogen functional groups attached to an aromatic ring is 1. The number of hydrogen-bond donors (Lipinski definition) is 2. The lowest BCUT2D eigenvalue weighted by molar-refractivity contribution is -0.124. The Hall–Kier alpha value is -1.89. The number of carbonyl (C=O) groups is 2. The fourth-order valence-corrected chi connectivity index (χ4v) is 3.16. The van der Waals surface area contributed by atoms with Gasteiger partial charge in [-0.2, -0.15) is 0 Å². The first-order chi connectivity index (χ1) is 7.91. The van der Waals surface area contributed by atoms with Gasteiger partial charge in [0.15, 0.2) is 15.1 Å². The molecule has 0 aliphatic carbocycles. The van der Waals surface area contributed by atoms with Gasteiger partial charge in [0.25, 0.3) is 0 Å². The van der Waals surface area contributed by atoms with E-state index in [0.717, 1.165) is 0 Å². The average Bonchev–Trinajstić information content (AvgIpc) is 2.59. The summed E-state index contributed by atoms with van der Waals surface area (Å²) < 4.78 is 24.1. The van der Waals surface area contributed by atoms with Gasteiger partial charge >= 0.3 is 0 Å². The van der Waals surface area contributed by atoms with Gasteiger partial charge in [-0.05, 0) is 24.3 Å². The van der Waals surface area contributed by atoms with Crippen LogP contribution in [0.2, 0.25) is 0 Å². The van der Waals surface area contributed by atoms with Gasteiger partial charge in [-0.15, -0.1) is 0 Å². The number of nitrogens with one attached hydrogen (secondary N) is 1. The van der Waals surface area contributed by atoms with Gasteiger partial charge in [0.1, 0.15) is 0 Å². The van der Waals surface area contributed by atoms with Gasteiger partial charge in [0.2, 0.25) is 11.8 Å². The molecule has 3 N–H and O–H groups in total. The van der Waals surface area contributed by atoms with Gasteiger partial charge in [-0.25, -0.2) is 8.42 Å². The summed E-state index contributed by atoms with van der Waals surface area (Å²) in [5, 5.41) is 0.638. The topological polar surface area (TPSA) is 106 Å². The molecule has 0 saturated carbocycles. The average molecular weight is 254 g/mol. The largest absolute Gasteiger partial charge is 0.399 e. The van der Waals surface area contributed by atoms with E-state index in [0.29, 0.717) is 5.69 Å². The lowest BCUT2D eigenvalue weighted by Crippen LogP contribution is -2.30. The van der Waals surface area contributed by atoms with Crippen molar-refractivity contribution in [1.29, 1.82) is 0 Å². The summed E-state index contributed by atoms with van der Waals surface area (Å²) in [5.41, 5.74) is 5.87. The molecule has 0 aromatic heterocycles. The number of hydrogen-bond acceptors (Lipinski definition) is 5. The Morgan fingerprint density at radius 2 is 1.76 bits per heavy atom. The SMILES string of the molecule is Nc1ccc(S(=O)(=O)C2CC(=O)NC2=O)cc1. The molecular weight excluding hydrogens is 244 g/mol. The van der Waals surface area contributed by atoms with Crippen LogP contribution in [0.15, 0.2) is 29.2 Å². The molecular formula is C10H10N2O4S. The summed E-state index contributed by atoms with van der Waals surface area (Å²) in [5.74, 6) is -1.34. The molecule has 2 rings (SSSR count). The number of anilines is 1. The molecule has 1 aliphatic heterocycles. The van der Waals surface area contributed by atoms with Crippen LogP contribution >= 0.6 is 0 Å². The summed E-state index contributed by atoms with van der Waals surface area (Å²) in [6.45, 7) is 0. The van der Waals surface area contributed by atoms with Crippen LogP contribution in [-0.4, -0.2) is 25.5 Å². The second-order valence-electron chi connectivity index (χ2n) is 3.72. The third-order valence-corrected chi connectivity index (χ3v) is 4.57. The van der Waals surface area contributed by atoms with Crippen LogP contribution in [0.4, 0.5) is 5.69 Å². The van der Waals surface area contributed by atoms with E-state index in [1.165, 1.54) is 24.3 Å². The smallest absolute Gasteiger partial charge is 0.245 e. The van der Waals surface area contributed by atoms with E-state index in [2.05, 4.69) is 0 Å². The van der Waals surface area contributed by atoms with Crippen molar-refractivity contribution in [3.05, 3.63) is 24.3 Å². The minimum absolute atomic E-state index is 0.0125. The summed E-state index contributed by atoms with van der Waals surface area (Å²) in [6.07, 6.45) is -0.328. The highest BCUT2D eigenvalue weighted by Gasteiger charge is 2.41. The molecule has 1 aromatic rings. The zero-order valence-electron chi connectivity index (χ0n) is 8.71. The van der Waals surface area contributed by atoms with Crippen LogP contribution in [0.25, 0.3) is 0 Å². The number of nitrogens with two attached hydrogens (primary N) is 1. The first kappa shape index (κ1) is 11.6. The summed E-state index contributed by atoms with van der Waals surface area (Å²) >= 11 is 0. The van der Waals surface area contributed by atoms with Gasteiger partial charge in [-0.1, -0.05) is 0 Å². The molecule has 1 aromatic carbocycles. The van der Waals surface area contributed by atoms with E-state index >= 15 is 0 Å². The van der Waals surface area contributed by atoms with Crippen LogP contribution in [0, 0.1) is 0 Å². The zero-order chi connectivity index (χ0) is 12.6. The van der Waals surface area contributed by atoms with Gasteiger partial charge in [0.05, 0.1) is 11.3 Å². The number of sulfone groups is 1. The lowest BCUT2D eigenvalue weighted by atomic mass is 10.3. The highest BCUT2D eigenvalue weighted by Crippen LogP contribution is 2.22. The van der Waals surface area contributed by atoms with E-state index in [4.69, 9.17) is 5.73 Å². The molecule has 1 unspecified atom stereocenters. The molecule has 1 fully saturated rings. The van der Waals surface area contributed by atoms with Crippen molar-refractivity contribution in [2.45, 2.75) is 16.6 Å². The van der Waals surface area contributed by atoms with E-state index in [-0.39, 0.29) is 11.3 Å². The lowest BCUT2D eigenvalue weighted by Gasteiger charge is -2.08. The fourth-order valence-electron chi connectivity index (χ4n) is 1.60. The Bertz CT molecular complexity index is 577. The third-order valence-electron chi connectivity index (χ3n) is 2.51. The first-order valence-corrected chi connectivity index (χ1v) is 6.39. The quantitative estimate of drug-likeness (QED) is 0.544. The number of benzene rings is 1. The Labute approximate surface area is 97.7 Å². The van der Waals surface area contributed by atoms with Crippen molar-refractivity contribution in [3.8, 4) is 0 Å². The van der Waals surface area contributed by atoms with Crippen molar-refractivity contribution < 1.29 is 18.0 Å². The minimum Gasteiger partial charge on any atom is -0.399 e. The van der Waals surface area contributed by atoms with Gasteiger partial charge < -0.3 is 5.73 Å². The van der Waals surface area contributed by atoms with Crippen molar-refractivity contribution in [2.75, 3.05) is 5.73 Å².